The lowest BCUT2D eigenvalue weighted by Gasteiger charge is -2.12. The maximum atomic E-state index is 5.53. The molecule has 0 N–H and O–H groups in total. The fourth-order valence-corrected chi connectivity index (χ4v) is 9.43. The molecule has 0 bridgehead atoms. The van der Waals surface area contributed by atoms with Crippen LogP contribution in [0.2, 0.25) is 0 Å². The van der Waals surface area contributed by atoms with Gasteiger partial charge in [-0.3, -0.25) is 4.57 Å². The minimum atomic E-state index is 0.954. The largest absolute Gasteiger partial charge is 0.292 e. The molecule has 43 heavy (non-hydrogen) atoms. The number of fused-ring (bicyclic) bond motifs is 13. The molecule has 4 aromatic heterocycles. The van der Waals surface area contributed by atoms with Crippen LogP contribution in [-0.4, -0.2) is 9.55 Å². The van der Waals surface area contributed by atoms with E-state index in [1.54, 1.807) is 0 Å². The minimum absolute atomic E-state index is 0.954. The average molecular weight is 583 g/mol. The lowest BCUT2D eigenvalue weighted by molar-refractivity contribution is 1.10. The highest BCUT2D eigenvalue weighted by molar-refractivity contribution is 7.27. The molecule has 4 heterocycles. The third kappa shape index (κ3) is 3.19. The zero-order valence-corrected chi connectivity index (χ0v) is 24.5. The smallest absolute Gasteiger partial charge is 0.139 e. The molecule has 0 aliphatic heterocycles. The summed E-state index contributed by atoms with van der Waals surface area (Å²) in [6, 6.07) is 48.3. The first-order valence-corrected chi connectivity index (χ1v) is 16.1. The van der Waals surface area contributed by atoms with Crippen LogP contribution in [0.5, 0.6) is 0 Å². The predicted molar refractivity (Wildman–Crippen MR) is 187 cm³/mol. The van der Waals surface area contributed by atoms with Gasteiger partial charge in [0.1, 0.15) is 5.82 Å². The number of hydrogen-bond acceptors (Lipinski definition) is 3. The molecule has 200 valence electrons. The van der Waals surface area contributed by atoms with Crippen molar-refractivity contribution >= 4 is 95.6 Å². The summed E-state index contributed by atoms with van der Waals surface area (Å²) in [4.78, 5) is 5.53. The molecule has 10 rings (SSSR count). The Balaban J connectivity index is 1.46. The van der Waals surface area contributed by atoms with E-state index < -0.39 is 0 Å². The van der Waals surface area contributed by atoms with Crippen molar-refractivity contribution in [2.24, 2.45) is 0 Å². The Kier molecular flexibility index (Phi) is 4.78. The van der Waals surface area contributed by atoms with Crippen molar-refractivity contribution in [3.05, 3.63) is 133 Å². The molecule has 0 saturated carbocycles. The Labute approximate surface area is 254 Å². The van der Waals surface area contributed by atoms with Crippen molar-refractivity contribution in [3.63, 3.8) is 0 Å². The summed E-state index contributed by atoms with van der Waals surface area (Å²) in [5.41, 5.74) is 4.59. The second-order valence-electron chi connectivity index (χ2n) is 11.1. The van der Waals surface area contributed by atoms with Crippen LogP contribution in [0.15, 0.2) is 133 Å². The third-order valence-electron chi connectivity index (χ3n) is 8.78. The molecule has 0 unspecified atom stereocenters. The Morgan fingerprint density at radius 2 is 1.05 bits per heavy atom. The second-order valence-corrected chi connectivity index (χ2v) is 13.2. The van der Waals surface area contributed by atoms with Gasteiger partial charge in [-0.1, -0.05) is 109 Å². The molecule has 2 nitrogen and oxygen atoms in total. The number of aromatic nitrogens is 2. The van der Waals surface area contributed by atoms with Crippen LogP contribution in [0.25, 0.3) is 90.0 Å². The Bertz CT molecular complexity index is 2730. The van der Waals surface area contributed by atoms with Crippen LogP contribution < -0.4 is 0 Å². The highest BCUT2D eigenvalue weighted by atomic mass is 32.1. The van der Waals surface area contributed by atoms with Gasteiger partial charge in [-0.25, -0.2) is 4.98 Å². The first-order valence-electron chi connectivity index (χ1n) is 14.5. The molecule has 0 atom stereocenters. The Morgan fingerprint density at radius 1 is 0.465 bits per heavy atom. The number of pyridine rings is 1. The van der Waals surface area contributed by atoms with E-state index in [0.29, 0.717) is 0 Å². The molecule has 0 spiro atoms. The monoisotopic (exact) mass is 582 g/mol. The first kappa shape index (κ1) is 23.5. The summed E-state index contributed by atoms with van der Waals surface area (Å²) < 4.78 is 7.57. The highest BCUT2D eigenvalue weighted by Gasteiger charge is 2.23. The van der Waals surface area contributed by atoms with E-state index in [0.717, 1.165) is 17.1 Å². The lowest BCUT2D eigenvalue weighted by Crippen LogP contribution is -1.99. The van der Waals surface area contributed by atoms with E-state index in [-0.39, 0.29) is 0 Å². The van der Waals surface area contributed by atoms with Gasteiger partial charge in [0, 0.05) is 47.3 Å². The number of rotatable bonds is 2. The van der Waals surface area contributed by atoms with E-state index in [2.05, 4.69) is 138 Å². The standard InChI is InChI=1S/C39H22N2S2/c1-2-12-23(13-3-1)36-38-29(24-14-7-10-20-31(24)42-38)22-33(40-36)41-30-19-9-6-17-27(30)34-25-15-4-5-16-26(25)35-28-18-8-11-21-32(28)43-39(35)37(34)41/h1-22H. The van der Waals surface area contributed by atoms with Crippen molar-refractivity contribution in [1.29, 1.82) is 0 Å². The van der Waals surface area contributed by atoms with E-state index in [4.69, 9.17) is 4.98 Å². The van der Waals surface area contributed by atoms with Crippen molar-refractivity contribution in [2.75, 3.05) is 0 Å². The second kappa shape index (κ2) is 8.74. The zero-order valence-electron chi connectivity index (χ0n) is 22.9. The fourth-order valence-electron chi connectivity index (χ4n) is 6.98. The van der Waals surface area contributed by atoms with Crippen molar-refractivity contribution in [3.8, 4) is 17.1 Å². The van der Waals surface area contributed by atoms with Gasteiger partial charge in [-0.2, -0.15) is 0 Å². The summed E-state index contributed by atoms with van der Waals surface area (Å²) in [6.07, 6.45) is 0. The van der Waals surface area contributed by atoms with Crippen LogP contribution in [-0.2, 0) is 0 Å². The molecule has 0 radical (unpaired) electrons. The minimum Gasteiger partial charge on any atom is -0.292 e. The molecule has 6 aromatic carbocycles. The molecule has 0 aliphatic carbocycles. The normalized spacial score (nSPS) is 12.2. The number of thiophene rings is 2. The van der Waals surface area contributed by atoms with E-state index >= 15 is 0 Å². The van der Waals surface area contributed by atoms with Gasteiger partial charge in [0.05, 0.1) is 26.1 Å². The maximum absolute atomic E-state index is 5.53. The lowest BCUT2D eigenvalue weighted by atomic mass is 9.99. The summed E-state index contributed by atoms with van der Waals surface area (Å²) in [6.45, 7) is 0. The summed E-state index contributed by atoms with van der Waals surface area (Å²) in [7, 11) is 0. The van der Waals surface area contributed by atoms with Crippen molar-refractivity contribution < 1.29 is 0 Å². The average Bonchev–Trinajstić information content (AvgIpc) is 3.75. The number of nitrogens with zero attached hydrogens (tertiary/aromatic N) is 2. The van der Waals surface area contributed by atoms with Gasteiger partial charge in [0.2, 0.25) is 0 Å². The van der Waals surface area contributed by atoms with E-state index in [1.807, 2.05) is 22.7 Å². The van der Waals surface area contributed by atoms with Gasteiger partial charge >= 0.3 is 0 Å². The molecule has 0 aliphatic rings. The molecule has 0 saturated heterocycles. The molecule has 0 fully saturated rings. The van der Waals surface area contributed by atoms with Gasteiger partial charge in [0.15, 0.2) is 0 Å². The van der Waals surface area contributed by atoms with Gasteiger partial charge < -0.3 is 0 Å². The van der Waals surface area contributed by atoms with Crippen LogP contribution in [0.1, 0.15) is 0 Å². The van der Waals surface area contributed by atoms with Gasteiger partial charge in [0.25, 0.3) is 0 Å². The van der Waals surface area contributed by atoms with Crippen molar-refractivity contribution in [1.82, 2.24) is 9.55 Å². The SMILES string of the molecule is c1ccc(-c2nc(-n3c4ccccc4c4c5ccccc5c5c6ccccc6sc5c43)cc3c2sc2ccccc23)cc1. The number of benzene rings is 6. The Hall–Kier alpha value is -5.03. The van der Waals surface area contributed by atoms with Crippen LogP contribution in [0.3, 0.4) is 0 Å². The zero-order chi connectivity index (χ0) is 28.1. The fraction of sp³-hybridized carbons (Fsp3) is 0. The Morgan fingerprint density at radius 3 is 1.84 bits per heavy atom. The van der Waals surface area contributed by atoms with E-state index in [9.17, 15) is 0 Å². The van der Waals surface area contributed by atoms with Gasteiger partial charge in [-0.15, -0.1) is 22.7 Å². The first-order chi connectivity index (χ1) is 21.3. The summed E-state index contributed by atoms with van der Waals surface area (Å²) in [5.74, 6) is 0.954. The maximum Gasteiger partial charge on any atom is 0.139 e. The molecular formula is C39H22N2S2. The number of hydrogen-bond donors (Lipinski definition) is 0. The van der Waals surface area contributed by atoms with E-state index in [1.165, 1.54) is 72.9 Å². The van der Waals surface area contributed by atoms with Crippen LogP contribution in [0.4, 0.5) is 0 Å². The molecule has 0 amide bonds. The number of para-hydroxylation sites is 1. The summed E-state index contributed by atoms with van der Waals surface area (Å²) in [5, 5.41) is 10.3. The van der Waals surface area contributed by atoms with Crippen LogP contribution >= 0.6 is 22.7 Å². The van der Waals surface area contributed by atoms with Gasteiger partial charge in [-0.05, 0) is 35.0 Å². The third-order valence-corrected chi connectivity index (χ3v) is 11.1. The highest BCUT2D eigenvalue weighted by Crippen LogP contribution is 2.48. The topological polar surface area (TPSA) is 17.8 Å². The summed E-state index contributed by atoms with van der Waals surface area (Å²) >= 11 is 3.73. The predicted octanol–water partition coefficient (Wildman–Crippen LogP) is 11.7. The quantitative estimate of drug-likeness (QED) is 0.198. The van der Waals surface area contributed by atoms with Crippen LogP contribution in [0, 0.1) is 0 Å². The molecular weight excluding hydrogens is 561 g/mol. The molecule has 10 aromatic rings. The molecule has 4 heteroatoms. The van der Waals surface area contributed by atoms with Crippen molar-refractivity contribution in [2.45, 2.75) is 0 Å².